The molecule has 6 atom stereocenters. The van der Waals surface area contributed by atoms with Crippen molar-refractivity contribution in [3.05, 3.63) is 0 Å². The fourth-order valence-corrected chi connectivity index (χ4v) is 2.64. The highest BCUT2D eigenvalue weighted by Gasteiger charge is 2.59. The second kappa shape index (κ2) is 4.87. The van der Waals surface area contributed by atoms with Gasteiger partial charge in [0.05, 0.1) is 12.9 Å². The van der Waals surface area contributed by atoms with E-state index >= 15 is 0 Å². The van der Waals surface area contributed by atoms with Crippen molar-refractivity contribution in [2.24, 2.45) is 15.7 Å². The van der Waals surface area contributed by atoms with E-state index in [1.165, 1.54) is 4.90 Å². The number of carbonyl (C=O) groups excluding carboxylic acids is 1. The molecule has 10 nitrogen and oxygen atoms in total. The smallest absolute Gasteiger partial charge is 0.255 e. The lowest BCUT2D eigenvalue weighted by atomic mass is 9.98. The SMILES string of the molecule is N#C[C@]1(CO)O[C@@H](N2C=NC3C(=O)NC(N)=NC32)[C@H](F)[C@@H]1O. The molecule has 118 valence electrons. The first-order valence-electron chi connectivity index (χ1n) is 6.40. The molecule has 0 spiro atoms. The van der Waals surface area contributed by atoms with E-state index in [0.717, 1.165) is 6.34 Å². The topological polar surface area (TPSA) is 157 Å². The number of aliphatic hydroxyl groups is 2. The van der Waals surface area contributed by atoms with E-state index in [0.29, 0.717) is 0 Å². The summed E-state index contributed by atoms with van der Waals surface area (Å²) in [7, 11) is 0. The van der Waals surface area contributed by atoms with Gasteiger partial charge in [0, 0.05) is 0 Å². The zero-order valence-electron chi connectivity index (χ0n) is 11.1. The molecule has 3 heterocycles. The van der Waals surface area contributed by atoms with Gasteiger partial charge >= 0.3 is 0 Å². The maximum Gasteiger partial charge on any atom is 0.255 e. The molecule has 1 amide bonds. The minimum Gasteiger partial charge on any atom is -0.392 e. The number of nitrogens with two attached hydrogens (primary N) is 1. The van der Waals surface area contributed by atoms with Gasteiger partial charge in [-0.3, -0.25) is 15.1 Å². The van der Waals surface area contributed by atoms with Crippen LogP contribution in [0.15, 0.2) is 9.98 Å². The lowest BCUT2D eigenvalue weighted by molar-refractivity contribution is -0.125. The third-order valence-electron chi connectivity index (χ3n) is 3.84. The van der Waals surface area contributed by atoms with Crippen LogP contribution in [0.25, 0.3) is 0 Å². The number of aliphatic hydroxyl groups excluding tert-OH is 2. The first-order chi connectivity index (χ1) is 10.4. The second-order valence-electron chi connectivity index (χ2n) is 5.13. The number of carbonyl (C=O) groups is 1. The Kier molecular flexibility index (Phi) is 3.24. The highest BCUT2D eigenvalue weighted by atomic mass is 19.1. The molecule has 1 saturated heterocycles. The van der Waals surface area contributed by atoms with E-state index in [-0.39, 0.29) is 5.96 Å². The molecule has 5 N–H and O–H groups in total. The summed E-state index contributed by atoms with van der Waals surface area (Å²) in [5.74, 6) is -0.650. The molecular formula is C11H13FN6O4. The number of halogens is 1. The van der Waals surface area contributed by atoms with E-state index in [4.69, 9.17) is 15.7 Å². The molecule has 3 aliphatic heterocycles. The highest BCUT2D eigenvalue weighted by Crippen LogP contribution is 2.36. The van der Waals surface area contributed by atoms with Gasteiger partial charge in [-0.25, -0.2) is 9.38 Å². The van der Waals surface area contributed by atoms with Gasteiger partial charge in [0.1, 0.15) is 12.2 Å². The number of hydrogen-bond donors (Lipinski definition) is 4. The second-order valence-corrected chi connectivity index (χ2v) is 5.13. The molecule has 1 fully saturated rings. The lowest BCUT2D eigenvalue weighted by Crippen LogP contribution is -2.56. The molecule has 11 heteroatoms. The Hall–Kier alpha value is -2.29. The van der Waals surface area contributed by atoms with E-state index in [1.807, 2.05) is 0 Å². The third kappa shape index (κ3) is 1.85. The molecule has 22 heavy (non-hydrogen) atoms. The van der Waals surface area contributed by atoms with Crippen LogP contribution >= 0.6 is 0 Å². The van der Waals surface area contributed by atoms with Crippen molar-refractivity contribution in [2.75, 3.05) is 6.61 Å². The molecule has 0 aromatic rings. The molecule has 0 aliphatic carbocycles. The number of fused-ring (bicyclic) bond motifs is 1. The van der Waals surface area contributed by atoms with Gasteiger partial charge in [-0.1, -0.05) is 0 Å². The molecular weight excluding hydrogens is 299 g/mol. The summed E-state index contributed by atoms with van der Waals surface area (Å²) in [5, 5.41) is 30.4. The number of nitriles is 1. The van der Waals surface area contributed by atoms with E-state index in [1.54, 1.807) is 6.07 Å². The number of ether oxygens (including phenoxy) is 1. The number of nitrogens with one attached hydrogen (secondary N) is 1. The molecule has 0 aromatic carbocycles. The van der Waals surface area contributed by atoms with Crippen molar-refractivity contribution in [3.8, 4) is 6.07 Å². The van der Waals surface area contributed by atoms with Crippen molar-refractivity contribution in [2.45, 2.75) is 36.3 Å². The maximum atomic E-state index is 14.3. The summed E-state index contributed by atoms with van der Waals surface area (Å²) in [6.45, 7) is -0.882. The Labute approximate surface area is 123 Å². The minimum atomic E-state index is -2.08. The summed E-state index contributed by atoms with van der Waals surface area (Å²) in [4.78, 5) is 20.8. The predicted molar refractivity (Wildman–Crippen MR) is 68.9 cm³/mol. The molecule has 3 aliphatic rings. The Balaban J connectivity index is 1.90. The van der Waals surface area contributed by atoms with Gasteiger partial charge in [0.25, 0.3) is 5.91 Å². The highest BCUT2D eigenvalue weighted by molar-refractivity contribution is 6.02. The Bertz CT molecular complexity index is 606. The normalized spacial score (nSPS) is 43.5. The molecule has 0 aromatic heterocycles. The summed E-state index contributed by atoms with van der Waals surface area (Å²) in [5.41, 5.74) is 3.39. The first-order valence-corrected chi connectivity index (χ1v) is 6.40. The zero-order chi connectivity index (χ0) is 16.1. The lowest BCUT2D eigenvalue weighted by Gasteiger charge is -2.32. The van der Waals surface area contributed by atoms with E-state index < -0.39 is 48.8 Å². The quantitative estimate of drug-likeness (QED) is 0.417. The fraction of sp³-hybridized carbons (Fsp3) is 0.636. The van der Waals surface area contributed by atoms with Gasteiger partial charge in [0.15, 0.2) is 30.6 Å². The van der Waals surface area contributed by atoms with Gasteiger partial charge < -0.3 is 25.6 Å². The third-order valence-corrected chi connectivity index (χ3v) is 3.84. The van der Waals surface area contributed by atoms with Crippen LogP contribution in [0.4, 0.5) is 4.39 Å². The Morgan fingerprint density at radius 2 is 2.41 bits per heavy atom. The maximum absolute atomic E-state index is 14.3. The largest absolute Gasteiger partial charge is 0.392 e. The van der Waals surface area contributed by atoms with Crippen molar-refractivity contribution in [3.63, 3.8) is 0 Å². The van der Waals surface area contributed by atoms with Crippen LogP contribution in [-0.4, -0.2) is 76.2 Å². The van der Waals surface area contributed by atoms with Gasteiger partial charge in [-0.05, 0) is 0 Å². The molecule has 0 radical (unpaired) electrons. The average Bonchev–Trinajstić information content (AvgIpc) is 3.01. The van der Waals surface area contributed by atoms with Crippen LogP contribution in [0.3, 0.4) is 0 Å². The molecule has 2 unspecified atom stereocenters. The molecule has 0 bridgehead atoms. The number of amides is 1. The number of guanidine groups is 1. The summed E-state index contributed by atoms with van der Waals surface area (Å²) >= 11 is 0. The summed E-state index contributed by atoms with van der Waals surface area (Å²) in [6, 6.07) is 0.653. The fourth-order valence-electron chi connectivity index (χ4n) is 2.64. The van der Waals surface area contributed by atoms with Crippen LogP contribution < -0.4 is 11.1 Å². The number of nitrogens with zero attached hydrogens (tertiary/aromatic N) is 4. The van der Waals surface area contributed by atoms with Gasteiger partial charge in [0.2, 0.25) is 5.60 Å². The number of hydrogen-bond acceptors (Lipinski definition) is 9. The van der Waals surface area contributed by atoms with Crippen LogP contribution in [-0.2, 0) is 9.53 Å². The minimum absolute atomic E-state index is 0.149. The summed E-state index contributed by atoms with van der Waals surface area (Å²) in [6.07, 6.45) is -5.05. The van der Waals surface area contributed by atoms with Crippen LogP contribution in [0.1, 0.15) is 0 Å². The van der Waals surface area contributed by atoms with Crippen molar-refractivity contribution in [1.82, 2.24) is 10.2 Å². The van der Waals surface area contributed by atoms with Crippen molar-refractivity contribution >= 4 is 18.2 Å². The average molecular weight is 312 g/mol. The number of rotatable bonds is 2. The standard InChI is InChI=1S/C11H13FN6O4/c12-4-6(20)11(1-13,2-19)22-9(4)18-3-15-5-7(18)16-10(14)17-8(5)21/h3-7,9,19-20H,2H2,(H3,14,16,17,21)/t4-,5?,6+,7?,9-,11-/m1/s1. The van der Waals surface area contributed by atoms with Crippen LogP contribution in [0.5, 0.6) is 0 Å². The van der Waals surface area contributed by atoms with Crippen LogP contribution in [0, 0.1) is 11.3 Å². The van der Waals surface area contributed by atoms with Gasteiger partial charge in [-0.15, -0.1) is 0 Å². The predicted octanol–water partition coefficient (Wildman–Crippen LogP) is -3.22. The molecule has 3 rings (SSSR count). The van der Waals surface area contributed by atoms with E-state index in [2.05, 4.69) is 15.3 Å². The van der Waals surface area contributed by atoms with Crippen LogP contribution in [0.2, 0.25) is 0 Å². The van der Waals surface area contributed by atoms with Crippen molar-refractivity contribution < 1.29 is 24.1 Å². The van der Waals surface area contributed by atoms with Crippen molar-refractivity contribution in [1.29, 1.82) is 5.26 Å². The van der Waals surface area contributed by atoms with Gasteiger partial charge in [-0.2, -0.15) is 5.26 Å². The summed E-state index contributed by atoms with van der Waals surface area (Å²) < 4.78 is 19.6. The monoisotopic (exact) mass is 312 g/mol. The zero-order valence-corrected chi connectivity index (χ0v) is 11.1. The number of alkyl halides is 1. The Morgan fingerprint density at radius 3 is 3.00 bits per heavy atom. The Morgan fingerprint density at radius 1 is 1.68 bits per heavy atom. The first kappa shape index (κ1) is 14.6. The number of aliphatic imine (C=N–C) groups is 2. The molecule has 0 saturated carbocycles. The van der Waals surface area contributed by atoms with E-state index in [9.17, 15) is 19.4 Å².